The van der Waals surface area contributed by atoms with Crippen LogP contribution in [0, 0.1) is 5.41 Å². The van der Waals surface area contributed by atoms with Gasteiger partial charge in [-0.25, -0.2) is 0 Å². The molecule has 1 N–H and O–H groups in total. The Kier molecular flexibility index (Phi) is 6.63. The van der Waals surface area contributed by atoms with Gasteiger partial charge in [0.15, 0.2) is 0 Å². The van der Waals surface area contributed by atoms with Crippen molar-refractivity contribution in [3.63, 3.8) is 0 Å². The number of thioether (sulfide) groups is 1. The van der Waals surface area contributed by atoms with Crippen molar-refractivity contribution in [2.75, 3.05) is 33.1 Å². The third-order valence-electron chi connectivity index (χ3n) is 5.35. The lowest BCUT2D eigenvalue weighted by Crippen LogP contribution is -2.46. The molecule has 3 nitrogen and oxygen atoms in total. The smallest absolute Gasteiger partial charge is 0.119 e. The highest BCUT2D eigenvalue weighted by Gasteiger charge is 2.35. The van der Waals surface area contributed by atoms with Crippen molar-refractivity contribution < 1.29 is 9.84 Å². The molecule has 0 bridgehead atoms. The Balaban J connectivity index is 1.69. The number of aliphatic hydroxyl groups is 1. The molecule has 1 aliphatic heterocycles. The summed E-state index contributed by atoms with van der Waals surface area (Å²) >= 11 is 1.77. The second-order valence-corrected chi connectivity index (χ2v) is 8.23. The van der Waals surface area contributed by atoms with Crippen molar-refractivity contribution in [3.8, 4) is 5.75 Å². The van der Waals surface area contributed by atoms with Gasteiger partial charge < -0.3 is 9.84 Å². The predicted octanol–water partition coefficient (Wildman–Crippen LogP) is 4.23. The summed E-state index contributed by atoms with van der Waals surface area (Å²) in [5.41, 5.74) is 2.52. The molecule has 4 heteroatoms. The number of hydrogen-bond donors (Lipinski definition) is 1. The minimum absolute atomic E-state index is 0.0656. The molecule has 0 radical (unpaired) electrons. The number of likely N-dealkylation sites (tertiary alicyclic amines) is 1. The quantitative estimate of drug-likeness (QED) is 0.738. The third kappa shape index (κ3) is 4.81. The van der Waals surface area contributed by atoms with E-state index in [1.807, 2.05) is 12.1 Å². The number of ether oxygens (including phenoxy) is 1. The van der Waals surface area contributed by atoms with Crippen molar-refractivity contribution in [2.24, 2.45) is 5.41 Å². The summed E-state index contributed by atoms with van der Waals surface area (Å²) in [6, 6.07) is 17.1. The molecule has 1 saturated heterocycles. The fourth-order valence-corrected chi connectivity index (χ4v) is 4.39. The monoisotopic (exact) mass is 371 g/mol. The molecule has 1 fully saturated rings. The van der Waals surface area contributed by atoms with Crippen LogP contribution in [0.5, 0.6) is 5.75 Å². The van der Waals surface area contributed by atoms with Gasteiger partial charge in [-0.3, -0.25) is 4.90 Å². The van der Waals surface area contributed by atoms with Crippen molar-refractivity contribution in [3.05, 3.63) is 59.7 Å². The van der Waals surface area contributed by atoms with E-state index in [4.69, 9.17) is 4.74 Å². The van der Waals surface area contributed by atoms with Gasteiger partial charge in [0.05, 0.1) is 13.7 Å². The summed E-state index contributed by atoms with van der Waals surface area (Å²) in [5.74, 6) is 0.886. The van der Waals surface area contributed by atoms with E-state index >= 15 is 0 Å². The van der Waals surface area contributed by atoms with Crippen LogP contribution in [-0.2, 0) is 13.0 Å². The molecule has 140 valence electrons. The standard InChI is InChI=1S/C22H29NO2S/c1-25-20-6-3-5-19(13-20)14-22(17-24)11-4-12-23(16-22)15-18-7-9-21(26-2)10-8-18/h3,5-10,13,24H,4,11-12,14-17H2,1-2H3/t22-/m0/s1. The molecule has 3 rings (SSSR count). The molecule has 0 amide bonds. The summed E-state index contributed by atoms with van der Waals surface area (Å²) in [6.45, 7) is 3.22. The van der Waals surface area contributed by atoms with Gasteiger partial charge in [0.2, 0.25) is 0 Å². The normalized spacial score (nSPS) is 20.9. The van der Waals surface area contributed by atoms with Gasteiger partial charge in [-0.05, 0) is 67.5 Å². The van der Waals surface area contributed by atoms with Crippen molar-refractivity contribution in [2.45, 2.75) is 30.7 Å². The van der Waals surface area contributed by atoms with Gasteiger partial charge in [-0.2, -0.15) is 0 Å². The number of hydrogen-bond acceptors (Lipinski definition) is 4. The molecule has 1 atom stereocenters. The molecular weight excluding hydrogens is 342 g/mol. The fourth-order valence-electron chi connectivity index (χ4n) is 3.98. The summed E-state index contributed by atoms with van der Waals surface area (Å²) in [5, 5.41) is 10.2. The number of rotatable bonds is 7. The summed E-state index contributed by atoms with van der Waals surface area (Å²) in [6.07, 6.45) is 5.20. The molecule has 0 aliphatic carbocycles. The van der Waals surface area contributed by atoms with Gasteiger partial charge >= 0.3 is 0 Å². The molecule has 1 aliphatic rings. The van der Waals surface area contributed by atoms with Crippen molar-refractivity contribution in [1.29, 1.82) is 0 Å². The maximum absolute atomic E-state index is 10.2. The van der Waals surface area contributed by atoms with Crippen LogP contribution in [0.15, 0.2) is 53.4 Å². The van der Waals surface area contributed by atoms with Gasteiger partial charge in [-0.1, -0.05) is 24.3 Å². The van der Waals surface area contributed by atoms with E-state index in [-0.39, 0.29) is 12.0 Å². The Morgan fingerprint density at radius 3 is 2.65 bits per heavy atom. The Bertz CT molecular complexity index is 704. The molecule has 26 heavy (non-hydrogen) atoms. The van der Waals surface area contributed by atoms with E-state index < -0.39 is 0 Å². The van der Waals surface area contributed by atoms with Crippen LogP contribution in [0.4, 0.5) is 0 Å². The van der Waals surface area contributed by atoms with Crippen LogP contribution in [0.25, 0.3) is 0 Å². The molecule has 0 spiro atoms. The number of benzene rings is 2. The minimum Gasteiger partial charge on any atom is -0.497 e. The first-order chi connectivity index (χ1) is 12.7. The van der Waals surface area contributed by atoms with E-state index in [2.05, 4.69) is 47.6 Å². The van der Waals surface area contributed by atoms with Gasteiger partial charge in [-0.15, -0.1) is 11.8 Å². The van der Waals surface area contributed by atoms with E-state index in [0.717, 1.165) is 44.6 Å². The van der Waals surface area contributed by atoms with Crippen molar-refractivity contribution >= 4 is 11.8 Å². The number of nitrogens with zero attached hydrogens (tertiary/aromatic N) is 1. The van der Waals surface area contributed by atoms with Crippen LogP contribution in [0.3, 0.4) is 0 Å². The number of aliphatic hydroxyl groups excluding tert-OH is 1. The van der Waals surface area contributed by atoms with Gasteiger partial charge in [0, 0.05) is 23.4 Å². The lowest BCUT2D eigenvalue weighted by Gasteiger charge is -2.42. The first kappa shape index (κ1) is 19.3. The summed E-state index contributed by atoms with van der Waals surface area (Å²) in [4.78, 5) is 3.80. The highest BCUT2D eigenvalue weighted by molar-refractivity contribution is 7.98. The van der Waals surface area contributed by atoms with Crippen LogP contribution in [0.2, 0.25) is 0 Å². The minimum atomic E-state index is -0.0656. The second-order valence-electron chi connectivity index (χ2n) is 7.35. The topological polar surface area (TPSA) is 32.7 Å². The molecule has 1 heterocycles. The lowest BCUT2D eigenvalue weighted by atomic mass is 9.75. The highest BCUT2D eigenvalue weighted by atomic mass is 32.2. The lowest BCUT2D eigenvalue weighted by molar-refractivity contribution is 0.0288. The second kappa shape index (κ2) is 8.94. The number of methoxy groups -OCH3 is 1. The van der Waals surface area contributed by atoms with Crippen LogP contribution in [-0.4, -0.2) is 43.1 Å². The van der Waals surface area contributed by atoms with Crippen molar-refractivity contribution in [1.82, 2.24) is 4.90 Å². The fraction of sp³-hybridized carbons (Fsp3) is 0.455. The first-order valence-corrected chi connectivity index (χ1v) is 10.5. The Labute approximate surface area is 161 Å². The Morgan fingerprint density at radius 1 is 1.15 bits per heavy atom. The molecule has 0 unspecified atom stereocenters. The SMILES string of the molecule is COc1cccc(C[C@@]2(CO)CCCN(Cc3ccc(SC)cc3)C2)c1. The molecule has 0 aromatic heterocycles. The zero-order valence-electron chi connectivity index (χ0n) is 15.8. The third-order valence-corrected chi connectivity index (χ3v) is 6.10. The largest absolute Gasteiger partial charge is 0.497 e. The summed E-state index contributed by atoms with van der Waals surface area (Å²) in [7, 11) is 1.70. The maximum atomic E-state index is 10.2. The highest BCUT2D eigenvalue weighted by Crippen LogP contribution is 2.34. The molecular formula is C22H29NO2S. The van der Waals surface area contributed by atoms with E-state index in [9.17, 15) is 5.11 Å². The van der Waals surface area contributed by atoms with E-state index in [1.54, 1.807) is 18.9 Å². The maximum Gasteiger partial charge on any atom is 0.119 e. The molecule has 0 saturated carbocycles. The zero-order valence-corrected chi connectivity index (χ0v) is 16.6. The average Bonchev–Trinajstić information content (AvgIpc) is 2.69. The van der Waals surface area contributed by atoms with E-state index in [1.165, 1.54) is 16.0 Å². The first-order valence-electron chi connectivity index (χ1n) is 9.25. The van der Waals surface area contributed by atoms with Gasteiger partial charge in [0.1, 0.15) is 5.75 Å². The van der Waals surface area contributed by atoms with Crippen LogP contribution < -0.4 is 4.74 Å². The number of piperidine rings is 1. The average molecular weight is 372 g/mol. The molecule has 2 aromatic rings. The van der Waals surface area contributed by atoms with E-state index in [0.29, 0.717) is 0 Å². The molecule has 2 aromatic carbocycles. The Hall–Kier alpha value is -1.49. The van der Waals surface area contributed by atoms with Gasteiger partial charge in [0.25, 0.3) is 0 Å². The Morgan fingerprint density at radius 2 is 1.96 bits per heavy atom. The zero-order chi connectivity index (χ0) is 18.4. The van der Waals surface area contributed by atoms with Crippen LogP contribution in [0.1, 0.15) is 24.0 Å². The predicted molar refractivity (Wildman–Crippen MR) is 109 cm³/mol. The summed E-state index contributed by atoms with van der Waals surface area (Å²) < 4.78 is 5.35. The van der Waals surface area contributed by atoms with Crippen LogP contribution >= 0.6 is 11.8 Å².